The fourth-order valence-corrected chi connectivity index (χ4v) is 1.52. The zero-order valence-corrected chi connectivity index (χ0v) is 11.5. The van der Waals surface area contributed by atoms with Crippen molar-refractivity contribution in [2.24, 2.45) is 0 Å². The van der Waals surface area contributed by atoms with Crippen molar-refractivity contribution >= 4 is 20.4 Å². The van der Waals surface area contributed by atoms with Crippen molar-refractivity contribution in [2.45, 2.75) is 39.4 Å². The third-order valence-corrected chi connectivity index (χ3v) is 2.54. The van der Waals surface area contributed by atoms with Gasteiger partial charge in [0, 0.05) is 26.1 Å². The van der Waals surface area contributed by atoms with E-state index in [9.17, 15) is 9.59 Å². The van der Waals surface area contributed by atoms with Gasteiger partial charge in [0.1, 0.15) is 0 Å². The fourth-order valence-electron chi connectivity index (χ4n) is 1.08. The Labute approximate surface area is 107 Å². The molecule has 7 nitrogen and oxygen atoms in total. The monoisotopic (exact) mass is 281 g/mol. The average molecular weight is 281 g/mol. The minimum Gasteiger partial charge on any atom is -0.425 e. The highest BCUT2D eigenvalue weighted by atomic mass is 31.2. The quantitative estimate of drug-likeness (QED) is 0.266. The van der Waals surface area contributed by atoms with Gasteiger partial charge in [-0.15, -0.1) is 0 Å². The minimum atomic E-state index is -1.93. The molecule has 1 atom stereocenters. The molecule has 0 aromatic heterocycles. The van der Waals surface area contributed by atoms with E-state index >= 15 is 0 Å². The Morgan fingerprint density at radius 3 is 2.56 bits per heavy atom. The van der Waals surface area contributed by atoms with Crippen molar-refractivity contribution in [2.75, 3.05) is 12.7 Å². The topological polar surface area (TPSA) is 105 Å². The molecule has 0 aliphatic carbocycles. The Kier molecular flexibility index (Phi) is 9.55. The fraction of sp³-hybridized carbons (Fsp3) is 0.800. The van der Waals surface area contributed by atoms with E-state index in [1.54, 1.807) is 0 Å². The van der Waals surface area contributed by atoms with Gasteiger partial charge in [0.05, 0.1) is 0 Å². The molecule has 0 aromatic rings. The smallest absolute Gasteiger partial charge is 0.410 e. The largest absolute Gasteiger partial charge is 0.425 e. The molecule has 0 heterocycles. The van der Waals surface area contributed by atoms with Crippen LogP contribution in [0, 0.1) is 0 Å². The highest BCUT2D eigenvalue weighted by molar-refractivity contribution is 7.45. The van der Waals surface area contributed by atoms with Crippen LogP contribution in [0.4, 0.5) is 4.79 Å². The summed E-state index contributed by atoms with van der Waals surface area (Å²) in [4.78, 5) is 39.5. The second-order valence-corrected chi connectivity index (χ2v) is 4.78. The van der Waals surface area contributed by atoms with Crippen molar-refractivity contribution in [3.05, 3.63) is 0 Å². The molecule has 0 aliphatic rings. The SMILES string of the molecule is CCCC(=O)OC(C)OC(=O)NCCCP(O)O. The number of esters is 1. The Morgan fingerprint density at radius 2 is 2.00 bits per heavy atom. The molecular weight excluding hydrogens is 261 g/mol. The maximum atomic E-state index is 11.2. The molecule has 18 heavy (non-hydrogen) atoms. The van der Waals surface area contributed by atoms with Crippen molar-refractivity contribution in [1.82, 2.24) is 5.32 Å². The summed E-state index contributed by atoms with van der Waals surface area (Å²) in [6.45, 7) is 3.57. The van der Waals surface area contributed by atoms with E-state index in [1.165, 1.54) is 6.92 Å². The van der Waals surface area contributed by atoms with Crippen molar-refractivity contribution in [3.63, 3.8) is 0 Å². The highest BCUT2D eigenvalue weighted by Gasteiger charge is 2.13. The Hall–Kier alpha value is -0.910. The van der Waals surface area contributed by atoms with E-state index in [2.05, 4.69) is 5.32 Å². The molecule has 0 rings (SSSR count). The molecule has 8 heteroatoms. The zero-order chi connectivity index (χ0) is 14.0. The first-order valence-electron chi connectivity index (χ1n) is 5.75. The summed E-state index contributed by atoms with van der Waals surface area (Å²) in [5.41, 5.74) is 0. The maximum absolute atomic E-state index is 11.2. The molecule has 0 aromatic carbocycles. The lowest BCUT2D eigenvalue weighted by molar-refractivity contribution is -0.164. The first kappa shape index (κ1) is 17.1. The van der Waals surface area contributed by atoms with Gasteiger partial charge in [0.15, 0.2) is 8.38 Å². The van der Waals surface area contributed by atoms with Crippen molar-refractivity contribution in [1.29, 1.82) is 0 Å². The van der Waals surface area contributed by atoms with E-state index in [0.29, 0.717) is 12.8 Å². The van der Waals surface area contributed by atoms with Crippen LogP contribution in [-0.2, 0) is 14.3 Å². The molecule has 0 spiro atoms. The van der Waals surface area contributed by atoms with Gasteiger partial charge in [0.25, 0.3) is 0 Å². The molecule has 0 aliphatic heterocycles. The number of hydrogen-bond acceptors (Lipinski definition) is 6. The lowest BCUT2D eigenvalue weighted by Crippen LogP contribution is -2.31. The summed E-state index contributed by atoms with van der Waals surface area (Å²) in [7, 11) is -1.93. The predicted octanol–water partition coefficient (Wildman–Crippen LogP) is 1.09. The van der Waals surface area contributed by atoms with Crippen LogP contribution in [0.15, 0.2) is 0 Å². The Bertz CT molecular complexity index is 261. The van der Waals surface area contributed by atoms with E-state index in [0.717, 1.165) is 0 Å². The lowest BCUT2D eigenvalue weighted by atomic mass is 10.3. The van der Waals surface area contributed by atoms with Crippen LogP contribution in [0.2, 0.25) is 0 Å². The van der Waals surface area contributed by atoms with Crippen molar-refractivity contribution in [3.8, 4) is 0 Å². The molecule has 1 amide bonds. The molecule has 0 bridgehead atoms. The summed E-state index contributed by atoms with van der Waals surface area (Å²) < 4.78 is 9.57. The molecule has 0 saturated heterocycles. The molecule has 0 saturated carbocycles. The van der Waals surface area contributed by atoms with Crippen LogP contribution in [0.5, 0.6) is 0 Å². The van der Waals surface area contributed by atoms with E-state index in [-0.39, 0.29) is 19.1 Å². The van der Waals surface area contributed by atoms with E-state index < -0.39 is 26.7 Å². The van der Waals surface area contributed by atoms with Gasteiger partial charge in [-0.1, -0.05) is 6.92 Å². The van der Waals surface area contributed by atoms with E-state index in [4.69, 9.17) is 19.3 Å². The van der Waals surface area contributed by atoms with Gasteiger partial charge in [-0.25, -0.2) is 4.79 Å². The first-order valence-corrected chi connectivity index (χ1v) is 7.18. The minimum absolute atomic E-state index is 0.233. The number of amides is 1. The third kappa shape index (κ3) is 10.3. The lowest BCUT2D eigenvalue weighted by Gasteiger charge is -2.14. The molecule has 0 radical (unpaired) electrons. The highest BCUT2D eigenvalue weighted by Crippen LogP contribution is 2.22. The summed E-state index contributed by atoms with van der Waals surface area (Å²) >= 11 is 0. The Balaban J connectivity index is 3.64. The van der Waals surface area contributed by atoms with Gasteiger partial charge < -0.3 is 24.6 Å². The molecule has 0 fully saturated rings. The Morgan fingerprint density at radius 1 is 1.33 bits per heavy atom. The van der Waals surface area contributed by atoms with Crippen LogP contribution >= 0.6 is 8.38 Å². The van der Waals surface area contributed by atoms with Crippen LogP contribution in [0.3, 0.4) is 0 Å². The van der Waals surface area contributed by atoms with Crippen molar-refractivity contribution < 1.29 is 28.8 Å². The van der Waals surface area contributed by atoms with E-state index in [1.807, 2.05) is 6.92 Å². The first-order chi connectivity index (χ1) is 8.45. The third-order valence-electron chi connectivity index (χ3n) is 1.83. The van der Waals surface area contributed by atoms with Crippen LogP contribution < -0.4 is 5.32 Å². The molecule has 106 valence electrons. The van der Waals surface area contributed by atoms with Gasteiger partial charge in [-0.05, 0) is 12.8 Å². The molecule has 3 N–H and O–H groups in total. The summed E-state index contributed by atoms with van der Waals surface area (Å²) in [6, 6.07) is 0. The van der Waals surface area contributed by atoms with Crippen LogP contribution in [-0.4, -0.2) is 40.8 Å². The van der Waals surface area contributed by atoms with Crippen LogP contribution in [0.1, 0.15) is 33.1 Å². The number of ether oxygens (including phenoxy) is 2. The standard InChI is InChI=1S/C10H20NO6P/c1-3-5-9(12)16-8(2)17-10(13)11-6-4-7-18(14)15/h8,14-15H,3-7H2,1-2H3,(H,11,13). The van der Waals surface area contributed by atoms with Gasteiger partial charge in [-0.3, -0.25) is 4.79 Å². The number of nitrogens with one attached hydrogen (secondary N) is 1. The number of carbonyl (C=O) groups is 2. The molecule has 1 unspecified atom stereocenters. The summed E-state index contributed by atoms with van der Waals surface area (Å²) in [5, 5.41) is 2.41. The number of alkyl carbamates (subject to hydrolysis) is 1. The zero-order valence-electron chi connectivity index (χ0n) is 10.6. The van der Waals surface area contributed by atoms with Gasteiger partial charge >= 0.3 is 12.1 Å². The number of hydrogen-bond donors (Lipinski definition) is 3. The molecular formula is C10H20NO6P. The summed E-state index contributed by atoms with van der Waals surface area (Å²) in [6.07, 6.45) is -0.00696. The van der Waals surface area contributed by atoms with Gasteiger partial charge in [-0.2, -0.15) is 0 Å². The average Bonchev–Trinajstić information content (AvgIpc) is 2.24. The second kappa shape index (κ2) is 10.1. The summed E-state index contributed by atoms with van der Waals surface area (Å²) in [5.74, 6) is -0.413. The van der Waals surface area contributed by atoms with Gasteiger partial charge in [0.2, 0.25) is 6.29 Å². The van der Waals surface area contributed by atoms with Crippen LogP contribution in [0.25, 0.3) is 0 Å². The predicted molar refractivity (Wildman–Crippen MR) is 65.8 cm³/mol. The normalized spacial score (nSPS) is 12.1. The maximum Gasteiger partial charge on any atom is 0.410 e. The number of carbonyl (C=O) groups excluding carboxylic acids is 2. The second-order valence-electron chi connectivity index (χ2n) is 3.59. The number of rotatable bonds is 8.